The van der Waals surface area contributed by atoms with E-state index >= 15 is 0 Å². The van der Waals surface area contributed by atoms with E-state index in [1.54, 1.807) is 18.3 Å². The number of carbonyl (C=O) groups is 1. The number of carbonyl (C=O) groups excluding carboxylic acids is 1. The molecule has 1 aliphatic carbocycles. The van der Waals surface area contributed by atoms with Crippen molar-refractivity contribution in [1.82, 2.24) is 14.9 Å². The zero-order valence-electron chi connectivity index (χ0n) is 15.8. The van der Waals surface area contributed by atoms with Crippen LogP contribution in [-0.4, -0.2) is 27.3 Å². The van der Waals surface area contributed by atoms with Crippen LogP contribution in [0.1, 0.15) is 51.8 Å². The number of pyridine rings is 1. The lowest BCUT2D eigenvalue weighted by molar-refractivity contribution is 0.1000. The van der Waals surface area contributed by atoms with Crippen LogP contribution in [0.4, 0.5) is 0 Å². The highest BCUT2D eigenvalue weighted by molar-refractivity contribution is 5.92. The van der Waals surface area contributed by atoms with Gasteiger partial charge in [0.15, 0.2) is 6.39 Å². The summed E-state index contributed by atoms with van der Waals surface area (Å²) >= 11 is 0. The molecule has 6 heteroatoms. The van der Waals surface area contributed by atoms with Gasteiger partial charge in [0, 0.05) is 31.3 Å². The van der Waals surface area contributed by atoms with Crippen LogP contribution in [0.25, 0.3) is 0 Å². The van der Waals surface area contributed by atoms with Gasteiger partial charge in [-0.3, -0.25) is 14.7 Å². The molecule has 3 aromatic rings. The van der Waals surface area contributed by atoms with E-state index in [0.717, 1.165) is 50.1 Å². The molecule has 0 radical (unpaired) electrons. The van der Waals surface area contributed by atoms with E-state index in [2.05, 4.69) is 16.0 Å². The third-order valence-corrected chi connectivity index (χ3v) is 5.36. The maximum Gasteiger partial charge on any atom is 0.248 e. The minimum absolute atomic E-state index is 0.267. The largest absolute Gasteiger partial charge is 0.448 e. The molecular weight excluding hydrogens is 352 g/mol. The Morgan fingerprint density at radius 2 is 2.11 bits per heavy atom. The first-order chi connectivity index (χ1) is 13.7. The fourth-order valence-corrected chi connectivity index (χ4v) is 3.91. The normalized spacial score (nSPS) is 16.1. The Labute approximate surface area is 164 Å². The van der Waals surface area contributed by atoms with E-state index in [0.29, 0.717) is 5.56 Å². The molecule has 1 unspecified atom stereocenters. The van der Waals surface area contributed by atoms with Gasteiger partial charge in [-0.25, -0.2) is 4.98 Å². The number of amides is 1. The van der Waals surface area contributed by atoms with Gasteiger partial charge in [0.2, 0.25) is 5.91 Å². The lowest BCUT2D eigenvalue weighted by Gasteiger charge is -2.35. The molecule has 1 aliphatic rings. The number of nitrogens with two attached hydrogens (primary N) is 1. The maximum atomic E-state index is 11.3. The monoisotopic (exact) mass is 376 g/mol. The number of hydrogen-bond donors (Lipinski definition) is 1. The quantitative estimate of drug-likeness (QED) is 0.684. The molecule has 0 aliphatic heterocycles. The SMILES string of the molecule is NC(=O)c1ccc(CN(CCc2cnco2)C2CCCc3cccnc32)cc1. The number of fused-ring (bicyclic) bond motifs is 1. The van der Waals surface area contributed by atoms with Crippen LogP contribution >= 0.6 is 0 Å². The Bertz CT molecular complexity index is 922. The number of aromatic nitrogens is 2. The van der Waals surface area contributed by atoms with Gasteiger partial charge in [0.05, 0.1) is 17.9 Å². The molecule has 144 valence electrons. The van der Waals surface area contributed by atoms with Crippen molar-refractivity contribution in [1.29, 1.82) is 0 Å². The molecule has 4 rings (SSSR count). The Balaban J connectivity index is 1.57. The van der Waals surface area contributed by atoms with Crippen molar-refractivity contribution < 1.29 is 9.21 Å². The number of aryl methyl sites for hydroxylation is 1. The van der Waals surface area contributed by atoms with Crippen molar-refractivity contribution in [2.75, 3.05) is 6.54 Å². The van der Waals surface area contributed by atoms with E-state index in [1.165, 1.54) is 17.7 Å². The van der Waals surface area contributed by atoms with Gasteiger partial charge in [0.1, 0.15) is 5.76 Å². The molecule has 0 bridgehead atoms. The van der Waals surface area contributed by atoms with Crippen molar-refractivity contribution in [3.05, 3.63) is 83.3 Å². The molecule has 0 saturated carbocycles. The van der Waals surface area contributed by atoms with Crippen molar-refractivity contribution >= 4 is 5.91 Å². The molecule has 2 N–H and O–H groups in total. The fourth-order valence-electron chi connectivity index (χ4n) is 3.91. The van der Waals surface area contributed by atoms with Crippen LogP contribution in [0, 0.1) is 0 Å². The van der Waals surface area contributed by atoms with Crippen LogP contribution in [0.5, 0.6) is 0 Å². The average Bonchev–Trinajstić information content (AvgIpc) is 3.25. The summed E-state index contributed by atoms with van der Waals surface area (Å²) in [5, 5.41) is 0. The minimum atomic E-state index is -0.404. The summed E-state index contributed by atoms with van der Waals surface area (Å²) in [4.78, 5) is 22.5. The lowest BCUT2D eigenvalue weighted by atomic mass is 9.90. The zero-order valence-corrected chi connectivity index (χ0v) is 15.8. The predicted molar refractivity (Wildman–Crippen MR) is 105 cm³/mol. The van der Waals surface area contributed by atoms with Crippen LogP contribution in [-0.2, 0) is 19.4 Å². The van der Waals surface area contributed by atoms with Crippen molar-refractivity contribution in [3.63, 3.8) is 0 Å². The van der Waals surface area contributed by atoms with E-state index in [9.17, 15) is 4.79 Å². The van der Waals surface area contributed by atoms with Crippen molar-refractivity contribution in [2.45, 2.75) is 38.3 Å². The summed E-state index contributed by atoms with van der Waals surface area (Å²) < 4.78 is 5.43. The molecule has 6 nitrogen and oxygen atoms in total. The number of nitrogens with zero attached hydrogens (tertiary/aromatic N) is 3. The molecule has 0 fully saturated rings. The van der Waals surface area contributed by atoms with E-state index in [4.69, 9.17) is 15.1 Å². The highest BCUT2D eigenvalue weighted by atomic mass is 16.3. The molecule has 0 saturated heterocycles. The van der Waals surface area contributed by atoms with Gasteiger partial charge in [-0.05, 0) is 48.6 Å². The standard InChI is InChI=1S/C22H24N4O2/c23-22(27)18-8-6-16(7-9-18)14-26(12-10-19-13-24-15-28-19)20-5-1-3-17-4-2-11-25-21(17)20/h2,4,6-9,11,13,15,20H,1,3,5,10,12,14H2,(H2,23,27). The van der Waals surface area contributed by atoms with Gasteiger partial charge in [-0.1, -0.05) is 18.2 Å². The average molecular weight is 376 g/mol. The lowest BCUT2D eigenvalue weighted by Crippen LogP contribution is -2.33. The molecule has 1 amide bonds. The van der Waals surface area contributed by atoms with E-state index in [1.807, 2.05) is 24.4 Å². The topological polar surface area (TPSA) is 85.3 Å². The fraction of sp³-hybridized carbons (Fsp3) is 0.318. The van der Waals surface area contributed by atoms with Crippen LogP contribution in [0.2, 0.25) is 0 Å². The molecular formula is C22H24N4O2. The Kier molecular flexibility index (Phi) is 5.48. The molecule has 0 spiro atoms. The maximum absolute atomic E-state index is 11.3. The second kappa shape index (κ2) is 8.35. The highest BCUT2D eigenvalue weighted by Gasteiger charge is 2.27. The summed E-state index contributed by atoms with van der Waals surface area (Å²) in [7, 11) is 0. The van der Waals surface area contributed by atoms with Crippen LogP contribution < -0.4 is 5.73 Å². The molecule has 1 atom stereocenters. The molecule has 1 aromatic carbocycles. The van der Waals surface area contributed by atoms with Crippen LogP contribution in [0.15, 0.2) is 59.6 Å². The Morgan fingerprint density at radius 3 is 2.86 bits per heavy atom. The molecule has 2 aromatic heterocycles. The van der Waals surface area contributed by atoms with Gasteiger partial charge in [-0.15, -0.1) is 0 Å². The van der Waals surface area contributed by atoms with Crippen molar-refractivity contribution in [3.8, 4) is 0 Å². The summed E-state index contributed by atoms with van der Waals surface area (Å²) in [6.45, 7) is 1.61. The van der Waals surface area contributed by atoms with Gasteiger partial charge in [0.25, 0.3) is 0 Å². The number of hydrogen-bond acceptors (Lipinski definition) is 5. The number of benzene rings is 1. The van der Waals surface area contributed by atoms with Gasteiger partial charge in [-0.2, -0.15) is 0 Å². The number of primary amides is 1. The predicted octanol–water partition coefficient (Wildman–Crippen LogP) is 3.29. The van der Waals surface area contributed by atoms with E-state index in [-0.39, 0.29) is 6.04 Å². The van der Waals surface area contributed by atoms with Crippen molar-refractivity contribution in [2.24, 2.45) is 5.73 Å². The second-order valence-corrected chi connectivity index (χ2v) is 7.21. The number of rotatable bonds is 7. The first kappa shape index (κ1) is 18.4. The summed E-state index contributed by atoms with van der Waals surface area (Å²) in [5.74, 6) is 0.477. The van der Waals surface area contributed by atoms with Crippen LogP contribution in [0.3, 0.4) is 0 Å². The summed E-state index contributed by atoms with van der Waals surface area (Å²) in [5.41, 5.74) is 9.56. The van der Waals surface area contributed by atoms with E-state index < -0.39 is 5.91 Å². The minimum Gasteiger partial charge on any atom is -0.448 e. The smallest absolute Gasteiger partial charge is 0.248 e. The first-order valence-electron chi connectivity index (χ1n) is 9.64. The molecule has 2 heterocycles. The van der Waals surface area contributed by atoms with Gasteiger partial charge < -0.3 is 10.2 Å². The Hall–Kier alpha value is -2.99. The summed E-state index contributed by atoms with van der Waals surface area (Å²) in [6.07, 6.45) is 9.24. The number of oxazole rings is 1. The molecule has 28 heavy (non-hydrogen) atoms. The Morgan fingerprint density at radius 1 is 1.25 bits per heavy atom. The summed E-state index contributed by atoms with van der Waals surface area (Å²) in [6, 6.07) is 12.0. The highest BCUT2D eigenvalue weighted by Crippen LogP contribution is 2.33. The second-order valence-electron chi connectivity index (χ2n) is 7.21. The first-order valence-corrected chi connectivity index (χ1v) is 9.64. The van der Waals surface area contributed by atoms with Gasteiger partial charge >= 0.3 is 0 Å². The third kappa shape index (κ3) is 4.12. The zero-order chi connectivity index (χ0) is 19.3. The third-order valence-electron chi connectivity index (χ3n) is 5.36.